The predicted molar refractivity (Wildman–Crippen MR) is 99.3 cm³/mol. The number of hydrogen-bond donors (Lipinski definition) is 0. The number of methoxy groups -OCH3 is 1. The van der Waals surface area contributed by atoms with Crippen LogP contribution >= 0.6 is 0 Å². The zero-order chi connectivity index (χ0) is 18.5. The summed E-state index contributed by atoms with van der Waals surface area (Å²) in [5, 5.41) is 0. The summed E-state index contributed by atoms with van der Waals surface area (Å²) in [7, 11) is 3.31. The summed E-state index contributed by atoms with van der Waals surface area (Å²) in [5.74, 6) is 0.525. The summed E-state index contributed by atoms with van der Waals surface area (Å²) in [4.78, 5) is 32.9. The highest BCUT2D eigenvalue weighted by atomic mass is 16.5. The number of amides is 2. The minimum atomic E-state index is -0.0816. The Balaban J connectivity index is 1.58. The minimum Gasteiger partial charge on any atom is -0.481 e. The van der Waals surface area contributed by atoms with Gasteiger partial charge in [0.25, 0.3) is 5.91 Å². The molecule has 0 radical (unpaired) electrons. The molecule has 0 saturated carbocycles. The first-order chi connectivity index (χ1) is 12.6. The van der Waals surface area contributed by atoms with Crippen LogP contribution in [0.1, 0.15) is 23.2 Å². The lowest BCUT2D eigenvalue weighted by Crippen LogP contribution is -2.43. The van der Waals surface area contributed by atoms with E-state index < -0.39 is 0 Å². The maximum absolute atomic E-state index is 12.8. The molecule has 1 saturated heterocycles. The van der Waals surface area contributed by atoms with E-state index in [1.165, 1.54) is 0 Å². The van der Waals surface area contributed by atoms with Crippen molar-refractivity contribution in [3.05, 3.63) is 54.2 Å². The molecule has 0 unspecified atom stereocenters. The molecule has 2 heterocycles. The van der Waals surface area contributed by atoms with Gasteiger partial charge in [-0.1, -0.05) is 18.2 Å². The van der Waals surface area contributed by atoms with Crippen LogP contribution in [0.15, 0.2) is 48.7 Å². The van der Waals surface area contributed by atoms with Crippen molar-refractivity contribution in [1.29, 1.82) is 0 Å². The van der Waals surface area contributed by atoms with E-state index in [1.807, 2.05) is 41.3 Å². The van der Waals surface area contributed by atoms with Gasteiger partial charge in [-0.25, -0.2) is 4.98 Å². The topological polar surface area (TPSA) is 62.7 Å². The van der Waals surface area contributed by atoms with Gasteiger partial charge in [0.2, 0.25) is 11.8 Å². The van der Waals surface area contributed by atoms with Gasteiger partial charge in [0.1, 0.15) is 0 Å². The SMILES string of the molecule is COc1ccc(N(C)C(=O)C2CCN(C(=O)c3ccccc3)CC2)cn1. The van der Waals surface area contributed by atoms with E-state index in [2.05, 4.69) is 4.98 Å². The number of hydrogen-bond acceptors (Lipinski definition) is 4. The van der Waals surface area contributed by atoms with Gasteiger partial charge < -0.3 is 14.5 Å². The van der Waals surface area contributed by atoms with Crippen LogP contribution in [0.2, 0.25) is 0 Å². The average Bonchev–Trinajstić information content (AvgIpc) is 2.73. The van der Waals surface area contributed by atoms with Crippen molar-refractivity contribution in [2.75, 3.05) is 32.1 Å². The molecule has 3 rings (SSSR count). The van der Waals surface area contributed by atoms with E-state index in [1.54, 1.807) is 31.3 Å². The van der Waals surface area contributed by atoms with Gasteiger partial charge in [-0.2, -0.15) is 0 Å². The molecule has 1 aliphatic heterocycles. The second-order valence-corrected chi connectivity index (χ2v) is 6.39. The fourth-order valence-electron chi connectivity index (χ4n) is 3.19. The van der Waals surface area contributed by atoms with E-state index >= 15 is 0 Å². The second kappa shape index (κ2) is 7.99. The van der Waals surface area contributed by atoms with Gasteiger partial charge in [-0.3, -0.25) is 9.59 Å². The molecule has 136 valence electrons. The van der Waals surface area contributed by atoms with E-state index in [-0.39, 0.29) is 17.7 Å². The maximum Gasteiger partial charge on any atom is 0.253 e. The average molecular weight is 353 g/mol. The van der Waals surface area contributed by atoms with Crippen LogP contribution in [0.25, 0.3) is 0 Å². The highest BCUT2D eigenvalue weighted by Crippen LogP contribution is 2.24. The van der Waals surface area contributed by atoms with Crippen molar-refractivity contribution in [3.63, 3.8) is 0 Å². The first-order valence-corrected chi connectivity index (χ1v) is 8.72. The molecule has 0 atom stereocenters. The molecule has 6 nitrogen and oxygen atoms in total. The molecule has 0 aliphatic carbocycles. The Hall–Kier alpha value is -2.89. The van der Waals surface area contributed by atoms with Gasteiger partial charge in [-0.15, -0.1) is 0 Å². The fraction of sp³-hybridized carbons (Fsp3) is 0.350. The van der Waals surface area contributed by atoms with E-state index in [9.17, 15) is 9.59 Å². The van der Waals surface area contributed by atoms with E-state index in [4.69, 9.17) is 4.74 Å². The smallest absolute Gasteiger partial charge is 0.253 e. The van der Waals surface area contributed by atoms with Crippen LogP contribution in [-0.2, 0) is 4.79 Å². The Kier molecular flexibility index (Phi) is 5.51. The normalized spacial score (nSPS) is 14.8. The highest BCUT2D eigenvalue weighted by Gasteiger charge is 2.30. The number of nitrogens with zero attached hydrogens (tertiary/aromatic N) is 3. The fourth-order valence-corrected chi connectivity index (χ4v) is 3.19. The van der Waals surface area contributed by atoms with Crippen molar-refractivity contribution in [2.24, 2.45) is 5.92 Å². The number of piperidine rings is 1. The summed E-state index contributed by atoms with van der Waals surface area (Å²) in [6, 6.07) is 12.8. The molecule has 1 fully saturated rings. The van der Waals surface area contributed by atoms with Crippen LogP contribution in [0.3, 0.4) is 0 Å². The van der Waals surface area contributed by atoms with Gasteiger partial charge in [-0.05, 0) is 31.0 Å². The van der Waals surface area contributed by atoms with Crippen LogP contribution in [0.5, 0.6) is 5.88 Å². The number of aromatic nitrogens is 1. The Morgan fingerprint density at radius 2 is 1.81 bits per heavy atom. The quantitative estimate of drug-likeness (QED) is 0.848. The molecule has 1 aromatic carbocycles. The zero-order valence-electron chi connectivity index (χ0n) is 15.1. The molecule has 1 aromatic heterocycles. The molecule has 26 heavy (non-hydrogen) atoms. The number of carbonyl (C=O) groups is 2. The second-order valence-electron chi connectivity index (χ2n) is 6.39. The van der Waals surface area contributed by atoms with Crippen LogP contribution in [0.4, 0.5) is 5.69 Å². The monoisotopic (exact) mass is 353 g/mol. The minimum absolute atomic E-state index is 0.0317. The van der Waals surface area contributed by atoms with Crippen molar-refractivity contribution in [3.8, 4) is 5.88 Å². The lowest BCUT2D eigenvalue weighted by atomic mass is 9.94. The van der Waals surface area contributed by atoms with E-state index in [0.29, 0.717) is 37.4 Å². The predicted octanol–water partition coefficient (Wildman–Crippen LogP) is 2.61. The molecule has 0 N–H and O–H groups in total. The lowest BCUT2D eigenvalue weighted by Gasteiger charge is -2.33. The standard InChI is InChI=1S/C20H23N3O3/c1-22(17-8-9-18(26-2)21-14-17)19(24)16-10-12-23(13-11-16)20(25)15-6-4-3-5-7-15/h3-9,14,16H,10-13H2,1-2H3. The number of likely N-dealkylation sites (tertiary alicyclic amines) is 1. The van der Waals surface area contributed by atoms with Crippen molar-refractivity contribution in [2.45, 2.75) is 12.8 Å². The number of ether oxygens (including phenoxy) is 1. The molecular weight excluding hydrogens is 330 g/mol. The zero-order valence-corrected chi connectivity index (χ0v) is 15.1. The third-order valence-electron chi connectivity index (χ3n) is 4.80. The van der Waals surface area contributed by atoms with Crippen LogP contribution < -0.4 is 9.64 Å². The van der Waals surface area contributed by atoms with E-state index in [0.717, 1.165) is 5.69 Å². The number of benzene rings is 1. The molecule has 0 bridgehead atoms. The van der Waals surface area contributed by atoms with Crippen molar-refractivity contribution >= 4 is 17.5 Å². The third-order valence-corrected chi connectivity index (χ3v) is 4.80. The summed E-state index contributed by atoms with van der Waals surface area (Å²) >= 11 is 0. The molecule has 0 spiro atoms. The maximum atomic E-state index is 12.8. The van der Waals surface area contributed by atoms with Gasteiger partial charge in [0, 0.05) is 37.7 Å². The summed E-state index contributed by atoms with van der Waals surface area (Å²) in [5.41, 5.74) is 1.43. The molecular formula is C20H23N3O3. The lowest BCUT2D eigenvalue weighted by molar-refractivity contribution is -0.123. The first kappa shape index (κ1) is 17.9. The van der Waals surface area contributed by atoms with Crippen molar-refractivity contribution < 1.29 is 14.3 Å². The summed E-state index contributed by atoms with van der Waals surface area (Å²) in [6.45, 7) is 1.19. The summed E-state index contributed by atoms with van der Waals surface area (Å²) < 4.78 is 5.04. The molecule has 6 heteroatoms. The number of pyridine rings is 1. The first-order valence-electron chi connectivity index (χ1n) is 8.72. The number of carbonyl (C=O) groups excluding carboxylic acids is 2. The molecule has 2 aromatic rings. The van der Waals surface area contributed by atoms with Crippen LogP contribution in [-0.4, -0.2) is 48.9 Å². The summed E-state index contributed by atoms with van der Waals surface area (Å²) in [6.07, 6.45) is 2.97. The highest BCUT2D eigenvalue weighted by molar-refractivity contribution is 5.96. The number of rotatable bonds is 4. The Morgan fingerprint density at radius 3 is 2.38 bits per heavy atom. The molecule has 1 aliphatic rings. The Labute approximate surface area is 153 Å². The largest absolute Gasteiger partial charge is 0.481 e. The van der Waals surface area contributed by atoms with Gasteiger partial charge >= 0.3 is 0 Å². The van der Waals surface area contributed by atoms with Gasteiger partial charge in [0.15, 0.2) is 0 Å². The third kappa shape index (κ3) is 3.85. The van der Waals surface area contributed by atoms with Crippen molar-refractivity contribution in [1.82, 2.24) is 9.88 Å². The Bertz CT molecular complexity index is 754. The van der Waals surface area contributed by atoms with Crippen LogP contribution in [0, 0.1) is 5.92 Å². The number of anilines is 1. The Morgan fingerprint density at radius 1 is 1.12 bits per heavy atom. The van der Waals surface area contributed by atoms with Gasteiger partial charge in [0.05, 0.1) is 19.0 Å². The molecule has 2 amide bonds.